The molecule has 3 rings (SSSR count). The van der Waals surface area contributed by atoms with Crippen LogP contribution in [-0.2, 0) is 13.1 Å². The molecule has 2 heterocycles. The maximum Gasteiger partial charge on any atom is 0.315 e. The maximum absolute atomic E-state index is 11.9. The summed E-state index contributed by atoms with van der Waals surface area (Å²) in [5, 5.41) is 5.68. The van der Waals surface area contributed by atoms with Crippen LogP contribution in [0.4, 0.5) is 10.5 Å². The van der Waals surface area contributed by atoms with Crippen molar-refractivity contribution in [1.82, 2.24) is 20.6 Å². The quantitative estimate of drug-likeness (QED) is 0.827. The normalized spacial score (nSPS) is 13.1. The summed E-state index contributed by atoms with van der Waals surface area (Å²) >= 11 is 0. The minimum absolute atomic E-state index is 0.209. The van der Waals surface area contributed by atoms with Crippen LogP contribution in [0.1, 0.15) is 17.1 Å². The summed E-state index contributed by atoms with van der Waals surface area (Å²) < 4.78 is 0. The van der Waals surface area contributed by atoms with E-state index in [-0.39, 0.29) is 6.03 Å². The van der Waals surface area contributed by atoms with Gasteiger partial charge in [-0.05, 0) is 30.7 Å². The highest BCUT2D eigenvalue weighted by molar-refractivity contribution is 5.73. The van der Waals surface area contributed by atoms with E-state index >= 15 is 0 Å². The van der Waals surface area contributed by atoms with Crippen LogP contribution >= 0.6 is 0 Å². The van der Waals surface area contributed by atoms with Crippen molar-refractivity contribution in [2.24, 2.45) is 0 Å². The summed E-state index contributed by atoms with van der Waals surface area (Å²) in [4.78, 5) is 22.5. The van der Waals surface area contributed by atoms with E-state index in [1.807, 2.05) is 19.1 Å². The van der Waals surface area contributed by atoms with Crippen molar-refractivity contribution in [3.63, 3.8) is 0 Å². The molecule has 2 amide bonds. The monoisotopic (exact) mass is 323 g/mol. The van der Waals surface area contributed by atoms with Gasteiger partial charge in [-0.25, -0.2) is 14.8 Å². The number of rotatable bonds is 5. The molecule has 124 valence electrons. The van der Waals surface area contributed by atoms with Crippen molar-refractivity contribution in [2.45, 2.75) is 20.0 Å². The second-order valence-corrected chi connectivity index (χ2v) is 5.68. The molecule has 0 spiro atoms. The number of carbonyl (C=O) groups excluding carboxylic acids is 1. The molecule has 6 heteroatoms. The molecule has 24 heavy (non-hydrogen) atoms. The SMILES string of the molecule is Cc1nccc(CNC(=O)NCc2cccc(N3CC=CC3)c2)n1. The number of hydrogen-bond acceptors (Lipinski definition) is 4. The lowest BCUT2D eigenvalue weighted by Crippen LogP contribution is -2.34. The summed E-state index contributed by atoms with van der Waals surface area (Å²) in [6.45, 7) is 4.58. The van der Waals surface area contributed by atoms with E-state index < -0.39 is 0 Å². The Labute approximate surface area is 141 Å². The highest BCUT2D eigenvalue weighted by Crippen LogP contribution is 2.18. The Bertz CT molecular complexity index is 736. The summed E-state index contributed by atoms with van der Waals surface area (Å²) in [6, 6.07) is 9.82. The van der Waals surface area contributed by atoms with Gasteiger partial charge in [0.25, 0.3) is 0 Å². The van der Waals surface area contributed by atoms with Gasteiger partial charge in [-0.3, -0.25) is 0 Å². The Morgan fingerprint density at radius 1 is 1.17 bits per heavy atom. The van der Waals surface area contributed by atoms with Gasteiger partial charge < -0.3 is 15.5 Å². The molecule has 0 saturated carbocycles. The maximum atomic E-state index is 11.9. The highest BCUT2D eigenvalue weighted by Gasteiger charge is 2.08. The first-order valence-electron chi connectivity index (χ1n) is 8.00. The third-order valence-corrected chi connectivity index (χ3v) is 3.81. The van der Waals surface area contributed by atoms with E-state index in [4.69, 9.17) is 0 Å². The number of amides is 2. The Balaban J connectivity index is 1.48. The average molecular weight is 323 g/mol. The topological polar surface area (TPSA) is 70.2 Å². The molecular weight excluding hydrogens is 302 g/mol. The summed E-state index contributed by atoms with van der Waals surface area (Å²) in [5.41, 5.74) is 3.05. The van der Waals surface area contributed by atoms with Crippen LogP contribution in [0.15, 0.2) is 48.7 Å². The molecule has 1 aliphatic heterocycles. The lowest BCUT2D eigenvalue weighted by atomic mass is 10.2. The first-order chi connectivity index (χ1) is 11.7. The predicted molar refractivity (Wildman–Crippen MR) is 93.6 cm³/mol. The fourth-order valence-electron chi connectivity index (χ4n) is 2.57. The van der Waals surface area contributed by atoms with E-state index in [2.05, 4.69) is 49.8 Å². The number of aromatic nitrogens is 2. The molecule has 0 saturated heterocycles. The first kappa shape index (κ1) is 16.0. The smallest absolute Gasteiger partial charge is 0.315 e. The molecule has 0 bridgehead atoms. The predicted octanol–water partition coefficient (Wildman–Crippen LogP) is 2.16. The summed E-state index contributed by atoms with van der Waals surface area (Å²) in [6.07, 6.45) is 6.01. The third kappa shape index (κ3) is 4.32. The van der Waals surface area contributed by atoms with Gasteiger partial charge in [-0.15, -0.1) is 0 Å². The van der Waals surface area contributed by atoms with Crippen LogP contribution in [-0.4, -0.2) is 29.1 Å². The van der Waals surface area contributed by atoms with Gasteiger partial charge in [-0.2, -0.15) is 0 Å². The van der Waals surface area contributed by atoms with Crippen LogP contribution in [0.25, 0.3) is 0 Å². The summed E-state index contributed by atoms with van der Waals surface area (Å²) in [7, 11) is 0. The zero-order valence-electron chi connectivity index (χ0n) is 13.7. The molecule has 0 unspecified atom stereocenters. The first-order valence-corrected chi connectivity index (χ1v) is 8.00. The van der Waals surface area contributed by atoms with Crippen LogP contribution in [0, 0.1) is 6.92 Å². The highest BCUT2D eigenvalue weighted by atomic mass is 16.2. The Morgan fingerprint density at radius 3 is 2.75 bits per heavy atom. The number of hydrogen-bond donors (Lipinski definition) is 2. The molecule has 2 N–H and O–H groups in total. The van der Waals surface area contributed by atoms with Gasteiger partial charge in [0.2, 0.25) is 0 Å². The number of aryl methyl sites for hydroxylation is 1. The van der Waals surface area contributed by atoms with Crippen LogP contribution < -0.4 is 15.5 Å². The largest absolute Gasteiger partial charge is 0.364 e. The molecule has 1 aromatic heterocycles. The van der Waals surface area contributed by atoms with E-state index in [0.29, 0.717) is 18.9 Å². The number of urea groups is 1. The van der Waals surface area contributed by atoms with E-state index in [1.165, 1.54) is 5.69 Å². The van der Waals surface area contributed by atoms with Gasteiger partial charge in [0.15, 0.2) is 0 Å². The Hall–Kier alpha value is -2.89. The Morgan fingerprint density at radius 2 is 1.96 bits per heavy atom. The number of carbonyl (C=O) groups is 1. The number of benzene rings is 1. The molecule has 1 aromatic carbocycles. The van der Waals surface area contributed by atoms with Crippen molar-refractivity contribution in [2.75, 3.05) is 18.0 Å². The average Bonchev–Trinajstić information content (AvgIpc) is 3.13. The molecule has 2 aromatic rings. The van der Waals surface area contributed by atoms with Crippen LogP contribution in [0.5, 0.6) is 0 Å². The van der Waals surface area contributed by atoms with Gasteiger partial charge in [0.1, 0.15) is 5.82 Å². The van der Waals surface area contributed by atoms with Crippen molar-refractivity contribution in [3.8, 4) is 0 Å². The lowest BCUT2D eigenvalue weighted by molar-refractivity contribution is 0.240. The Kier molecular flexibility index (Phi) is 5.05. The minimum atomic E-state index is -0.209. The fraction of sp³-hybridized carbons (Fsp3) is 0.278. The van der Waals surface area contributed by atoms with Crippen molar-refractivity contribution < 1.29 is 4.79 Å². The number of nitrogens with zero attached hydrogens (tertiary/aromatic N) is 3. The van der Waals surface area contributed by atoms with Gasteiger partial charge in [-0.1, -0.05) is 24.3 Å². The summed E-state index contributed by atoms with van der Waals surface area (Å²) in [5.74, 6) is 0.697. The third-order valence-electron chi connectivity index (χ3n) is 3.81. The van der Waals surface area contributed by atoms with Crippen LogP contribution in [0.2, 0.25) is 0 Å². The fourth-order valence-corrected chi connectivity index (χ4v) is 2.57. The van der Waals surface area contributed by atoms with Crippen LogP contribution in [0.3, 0.4) is 0 Å². The molecule has 1 aliphatic rings. The number of nitrogens with one attached hydrogen (secondary N) is 2. The van der Waals surface area contributed by atoms with E-state index in [9.17, 15) is 4.79 Å². The van der Waals surface area contributed by atoms with Crippen molar-refractivity contribution in [3.05, 3.63) is 65.8 Å². The molecular formula is C18H21N5O. The zero-order chi connectivity index (χ0) is 16.8. The molecule has 0 aliphatic carbocycles. The molecule has 0 fully saturated rings. The standard InChI is InChI=1S/C18H21N5O/c1-14-19-8-7-16(22-14)13-21-18(24)20-12-15-5-4-6-17(11-15)23-9-2-3-10-23/h2-8,11H,9-10,12-13H2,1H3,(H2,20,21,24). The lowest BCUT2D eigenvalue weighted by Gasteiger charge is -2.18. The number of anilines is 1. The second kappa shape index (κ2) is 7.59. The zero-order valence-corrected chi connectivity index (χ0v) is 13.7. The molecule has 6 nitrogen and oxygen atoms in total. The van der Waals surface area contributed by atoms with Crippen molar-refractivity contribution in [1.29, 1.82) is 0 Å². The van der Waals surface area contributed by atoms with Gasteiger partial charge in [0.05, 0.1) is 12.2 Å². The van der Waals surface area contributed by atoms with E-state index in [1.54, 1.807) is 12.3 Å². The van der Waals surface area contributed by atoms with Crippen molar-refractivity contribution >= 4 is 11.7 Å². The molecule has 0 atom stereocenters. The minimum Gasteiger partial charge on any atom is -0.364 e. The van der Waals surface area contributed by atoms with Gasteiger partial charge in [0, 0.05) is 31.5 Å². The van der Waals surface area contributed by atoms with Gasteiger partial charge >= 0.3 is 6.03 Å². The molecule has 0 radical (unpaired) electrons. The second-order valence-electron chi connectivity index (χ2n) is 5.68. The van der Waals surface area contributed by atoms with E-state index in [0.717, 1.165) is 24.3 Å².